The molecule has 3 aromatic rings. The molecule has 0 saturated carbocycles. The summed E-state index contributed by atoms with van der Waals surface area (Å²) >= 11 is 0. The van der Waals surface area contributed by atoms with Gasteiger partial charge in [-0.05, 0) is 72.8 Å². The van der Waals surface area contributed by atoms with Crippen molar-refractivity contribution >= 4 is 0 Å². The molecule has 200 valence electrons. The van der Waals surface area contributed by atoms with Gasteiger partial charge in [0, 0.05) is 25.5 Å². The van der Waals surface area contributed by atoms with Crippen LogP contribution in [0.25, 0.3) is 11.1 Å². The maximum Gasteiger partial charge on any atom is 0.0949 e. The van der Waals surface area contributed by atoms with Crippen LogP contribution in [0, 0.1) is 12.8 Å². The minimum Gasteiger partial charge on any atom is -0.385 e. The number of aliphatic hydroxyl groups is 1. The molecule has 3 rings (SSSR count). The van der Waals surface area contributed by atoms with E-state index < -0.39 is 5.60 Å². The van der Waals surface area contributed by atoms with Gasteiger partial charge < -0.3 is 25.6 Å². The summed E-state index contributed by atoms with van der Waals surface area (Å²) in [7, 11) is 3.64. The molecule has 0 radical (unpaired) electrons. The molecule has 0 aromatic heterocycles. The molecule has 4 N–H and O–H groups in total. The van der Waals surface area contributed by atoms with Gasteiger partial charge in [0.25, 0.3) is 0 Å². The van der Waals surface area contributed by atoms with Crippen molar-refractivity contribution < 1.29 is 14.6 Å². The third-order valence-electron chi connectivity index (χ3n) is 7.13. The first-order valence-corrected chi connectivity index (χ1v) is 13.2. The van der Waals surface area contributed by atoms with Crippen LogP contribution in [-0.2, 0) is 28.1 Å². The fraction of sp³-hybridized carbons (Fsp3) is 0.438. The molecule has 0 bridgehead atoms. The summed E-state index contributed by atoms with van der Waals surface area (Å²) < 4.78 is 11.0. The number of nitrogens with one attached hydrogen (secondary N) is 1. The minimum absolute atomic E-state index is 0.122. The maximum atomic E-state index is 11.9. The van der Waals surface area contributed by atoms with Gasteiger partial charge >= 0.3 is 0 Å². The molecule has 37 heavy (non-hydrogen) atoms. The van der Waals surface area contributed by atoms with Crippen LogP contribution in [0.2, 0.25) is 0 Å². The van der Waals surface area contributed by atoms with E-state index in [-0.39, 0.29) is 5.92 Å². The number of rotatable bonds is 14. The lowest BCUT2D eigenvalue weighted by Gasteiger charge is -2.35. The largest absolute Gasteiger partial charge is 0.385 e. The van der Waals surface area contributed by atoms with Crippen LogP contribution in [0.15, 0.2) is 66.7 Å². The van der Waals surface area contributed by atoms with Gasteiger partial charge in [-0.25, -0.2) is 0 Å². The van der Waals surface area contributed by atoms with Gasteiger partial charge in [0.15, 0.2) is 0 Å². The van der Waals surface area contributed by atoms with E-state index in [0.29, 0.717) is 38.8 Å². The van der Waals surface area contributed by atoms with Gasteiger partial charge in [0.1, 0.15) is 0 Å². The molecule has 0 aliphatic carbocycles. The quantitative estimate of drug-likeness (QED) is 0.282. The molecule has 0 aliphatic heterocycles. The normalized spacial score (nSPS) is 14.8. The molecule has 0 unspecified atom stereocenters. The van der Waals surface area contributed by atoms with Crippen LogP contribution in [-0.4, -0.2) is 45.6 Å². The van der Waals surface area contributed by atoms with Crippen molar-refractivity contribution in [1.29, 1.82) is 0 Å². The van der Waals surface area contributed by atoms with Crippen molar-refractivity contribution in [1.82, 2.24) is 5.32 Å². The Balaban J connectivity index is 1.82. The van der Waals surface area contributed by atoms with E-state index in [0.717, 1.165) is 28.7 Å². The number of nitrogens with two attached hydrogens (primary N) is 1. The molecular weight excluding hydrogens is 460 g/mol. The summed E-state index contributed by atoms with van der Waals surface area (Å²) in [6, 6.07) is 23.1. The van der Waals surface area contributed by atoms with Crippen LogP contribution in [0.3, 0.4) is 0 Å². The Labute approximate surface area is 223 Å². The Hall–Kier alpha value is -2.54. The highest BCUT2D eigenvalue weighted by atomic mass is 16.5. The van der Waals surface area contributed by atoms with Gasteiger partial charge in [0.2, 0.25) is 0 Å². The van der Waals surface area contributed by atoms with Gasteiger partial charge in [-0.15, -0.1) is 0 Å². The summed E-state index contributed by atoms with van der Waals surface area (Å²) in [4.78, 5) is 0. The van der Waals surface area contributed by atoms with Crippen LogP contribution >= 0.6 is 0 Å². The molecule has 3 atom stereocenters. The highest BCUT2D eigenvalue weighted by molar-refractivity contribution is 5.69. The molecule has 0 heterocycles. The second kappa shape index (κ2) is 13.8. The third-order valence-corrected chi connectivity index (χ3v) is 7.13. The zero-order valence-corrected chi connectivity index (χ0v) is 23.1. The van der Waals surface area contributed by atoms with E-state index >= 15 is 0 Å². The van der Waals surface area contributed by atoms with Crippen LogP contribution in [0.1, 0.15) is 47.6 Å². The molecule has 5 nitrogen and oxygen atoms in total. The number of hydrogen-bond donors (Lipinski definition) is 3. The zero-order chi connectivity index (χ0) is 26.8. The maximum absolute atomic E-state index is 11.9. The molecule has 0 amide bonds. The standard InChI is InChI=1S/C32H44N2O3/c1-23(20-36-5)21-37-22-25-10-13-28(14-11-25)32(3,35)31(19-34-4)29-15-12-27(18-24(29)2)30-9-7-6-8-26(30)16-17-33/h6-15,18,23,31,34-35H,16-17,19-22,33H2,1-5H3/t23-,31+,32-/m0/s1. The van der Waals surface area contributed by atoms with Gasteiger partial charge in [-0.1, -0.05) is 73.7 Å². The highest BCUT2D eigenvalue weighted by Crippen LogP contribution is 2.39. The van der Waals surface area contributed by atoms with Gasteiger partial charge in [-0.2, -0.15) is 0 Å². The van der Waals surface area contributed by atoms with Gasteiger partial charge in [-0.3, -0.25) is 0 Å². The lowest BCUT2D eigenvalue weighted by atomic mass is 9.76. The number of benzene rings is 3. The number of methoxy groups -OCH3 is 1. The second-order valence-electron chi connectivity index (χ2n) is 10.3. The molecule has 0 spiro atoms. The predicted octanol–water partition coefficient (Wildman–Crippen LogP) is 5.17. The second-order valence-corrected chi connectivity index (χ2v) is 10.3. The van der Waals surface area contributed by atoms with Crippen molar-refractivity contribution in [3.8, 4) is 11.1 Å². The minimum atomic E-state index is -1.06. The summed E-state index contributed by atoms with van der Waals surface area (Å²) in [5.74, 6) is 0.235. The molecule has 5 heteroatoms. The van der Waals surface area contributed by atoms with E-state index in [1.165, 1.54) is 16.7 Å². The van der Waals surface area contributed by atoms with E-state index in [1.807, 2.05) is 38.2 Å². The lowest BCUT2D eigenvalue weighted by molar-refractivity contribution is 0.0265. The fourth-order valence-corrected chi connectivity index (χ4v) is 5.08. The smallest absolute Gasteiger partial charge is 0.0949 e. The Morgan fingerprint density at radius 2 is 1.76 bits per heavy atom. The van der Waals surface area contributed by atoms with E-state index in [9.17, 15) is 5.11 Å². The zero-order valence-electron chi connectivity index (χ0n) is 23.1. The first-order valence-electron chi connectivity index (χ1n) is 13.2. The highest BCUT2D eigenvalue weighted by Gasteiger charge is 2.35. The molecule has 0 aliphatic rings. The Morgan fingerprint density at radius 3 is 2.41 bits per heavy atom. The van der Waals surface area contributed by atoms with Gasteiger partial charge in [0.05, 0.1) is 25.4 Å². The average Bonchev–Trinajstić information content (AvgIpc) is 2.88. The number of ether oxygens (including phenoxy) is 2. The summed E-state index contributed by atoms with van der Waals surface area (Å²) in [5.41, 5.74) is 12.7. The Morgan fingerprint density at radius 1 is 1.03 bits per heavy atom. The lowest BCUT2D eigenvalue weighted by Crippen LogP contribution is -2.36. The van der Waals surface area contributed by atoms with Crippen molar-refractivity contribution in [2.24, 2.45) is 11.7 Å². The first-order chi connectivity index (χ1) is 17.8. The average molecular weight is 505 g/mol. The summed E-state index contributed by atoms with van der Waals surface area (Å²) in [6.45, 7) is 9.32. The van der Waals surface area contributed by atoms with E-state index in [1.54, 1.807) is 7.11 Å². The van der Waals surface area contributed by atoms with Crippen LogP contribution < -0.4 is 11.1 Å². The molecule has 0 saturated heterocycles. The topological polar surface area (TPSA) is 76.7 Å². The monoisotopic (exact) mass is 504 g/mol. The van der Waals surface area contributed by atoms with Crippen LogP contribution in [0.4, 0.5) is 0 Å². The molecule has 3 aromatic carbocycles. The van der Waals surface area contributed by atoms with E-state index in [4.69, 9.17) is 15.2 Å². The fourth-order valence-electron chi connectivity index (χ4n) is 5.08. The van der Waals surface area contributed by atoms with E-state index in [2.05, 4.69) is 61.6 Å². The summed E-state index contributed by atoms with van der Waals surface area (Å²) in [6.07, 6.45) is 0.848. The number of aryl methyl sites for hydroxylation is 1. The Bertz CT molecular complexity index is 1110. The SMILES string of the molecule is CNC[C@H](c1ccc(-c2ccccc2CCN)cc1C)[C@@](C)(O)c1ccc(COC[C@@H](C)COC)cc1. The Kier molecular flexibility index (Phi) is 10.9. The summed E-state index contributed by atoms with van der Waals surface area (Å²) in [5, 5.41) is 15.2. The van der Waals surface area contributed by atoms with Crippen molar-refractivity contribution in [3.05, 3.63) is 94.5 Å². The predicted molar refractivity (Wildman–Crippen MR) is 153 cm³/mol. The first kappa shape index (κ1) is 29.0. The van der Waals surface area contributed by atoms with Crippen molar-refractivity contribution in [3.63, 3.8) is 0 Å². The number of hydrogen-bond acceptors (Lipinski definition) is 5. The van der Waals surface area contributed by atoms with Crippen LogP contribution in [0.5, 0.6) is 0 Å². The molecular formula is C32H44N2O3. The van der Waals surface area contributed by atoms with Crippen molar-refractivity contribution in [2.45, 2.75) is 45.3 Å². The number of likely N-dealkylation sites (N-methyl/N-ethyl adjacent to an activating group) is 1. The third kappa shape index (κ3) is 7.50. The van der Waals surface area contributed by atoms with Crippen molar-refractivity contribution in [2.75, 3.05) is 40.5 Å². The molecule has 0 fully saturated rings.